The monoisotopic (exact) mass is 446 g/mol. The Morgan fingerprint density at radius 3 is 2.15 bits per heavy atom. The predicted octanol–water partition coefficient (Wildman–Crippen LogP) is 6.32. The highest BCUT2D eigenvalue weighted by Crippen LogP contribution is 2.51. The van der Waals surface area contributed by atoms with E-state index in [9.17, 15) is 9.90 Å². The molecule has 0 radical (unpaired) electrons. The van der Waals surface area contributed by atoms with Gasteiger partial charge in [-0.2, -0.15) is 0 Å². The van der Waals surface area contributed by atoms with Crippen LogP contribution in [0, 0.1) is 23.7 Å². The number of hydrazine groups is 1. The summed E-state index contributed by atoms with van der Waals surface area (Å²) in [5, 5.41) is 9.84. The summed E-state index contributed by atoms with van der Waals surface area (Å²) in [6, 6.07) is 16.0. The number of carbonyl (C=O) groups excluding carboxylic acids is 1. The van der Waals surface area contributed by atoms with E-state index in [0.29, 0.717) is 11.8 Å². The van der Waals surface area contributed by atoms with Gasteiger partial charge in [0.25, 0.3) is 5.91 Å². The van der Waals surface area contributed by atoms with Crippen LogP contribution in [0.1, 0.15) is 70.1 Å². The Balaban J connectivity index is 0.00000149. The van der Waals surface area contributed by atoms with Crippen LogP contribution in [0.25, 0.3) is 11.6 Å². The van der Waals surface area contributed by atoms with Crippen molar-refractivity contribution in [1.82, 2.24) is 5.43 Å². The minimum absolute atomic E-state index is 0.287. The van der Waals surface area contributed by atoms with Gasteiger partial charge in [-0.1, -0.05) is 69.7 Å². The molecule has 0 spiro atoms. The molecule has 0 heterocycles. The standard InChI is InChI=1S/C27H32N2O2.C2H6/c1-17-13-20-15-18(2)26(23(14-17)16-20)27(22-8-10-24(30)11-9-22)21-6-3-19(4-7-21)5-12-25(31)29-28;1-2/h3-12,17-18,20,23,30H,13-16,28H2,1-2H3,(H,29,31);1-2H3/b12-5+,27-26+;. The molecule has 1 amide bonds. The minimum atomic E-state index is -0.326. The van der Waals surface area contributed by atoms with Gasteiger partial charge in [0.1, 0.15) is 5.75 Å². The maximum atomic E-state index is 11.4. The van der Waals surface area contributed by atoms with E-state index in [1.165, 1.54) is 42.9 Å². The fraction of sp³-hybridized carbons (Fsp3) is 0.414. The van der Waals surface area contributed by atoms with E-state index in [4.69, 9.17) is 5.84 Å². The van der Waals surface area contributed by atoms with Crippen molar-refractivity contribution in [3.05, 3.63) is 76.9 Å². The molecular weight excluding hydrogens is 408 g/mol. The number of amides is 1. The van der Waals surface area contributed by atoms with Crippen LogP contribution in [0.5, 0.6) is 5.75 Å². The number of phenols is 1. The van der Waals surface area contributed by atoms with Gasteiger partial charge in [0.15, 0.2) is 0 Å². The Hall–Kier alpha value is -2.85. The Morgan fingerprint density at radius 2 is 1.55 bits per heavy atom. The molecule has 2 aliphatic rings. The van der Waals surface area contributed by atoms with Crippen molar-refractivity contribution in [2.24, 2.45) is 29.5 Å². The maximum absolute atomic E-state index is 11.4. The van der Waals surface area contributed by atoms with Crippen molar-refractivity contribution in [2.75, 3.05) is 0 Å². The lowest BCUT2D eigenvalue weighted by Gasteiger charge is -2.44. The number of hydrogen-bond acceptors (Lipinski definition) is 3. The maximum Gasteiger partial charge on any atom is 0.257 e. The largest absolute Gasteiger partial charge is 0.508 e. The number of phenolic OH excluding ortho intramolecular Hbond substituents is 1. The van der Waals surface area contributed by atoms with Crippen LogP contribution in [-0.4, -0.2) is 11.0 Å². The summed E-state index contributed by atoms with van der Waals surface area (Å²) in [5.41, 5.74) is 8.27. The number of carbonyl (C=O) groups is 1. The van der Waals surface area contributed by atoms with Gasteiger partial charge in [-0.15, -0.1) is 0 Å². The zero-order chi connectivity index (χ0) is 24.0. The topological polar surface area (TPSA) is 75.3 Å². The van der Waals surface area contributed by atoms with Crippen LogP contribution in [-0.2, 0) is 4.79 Å². The lowest BCUT2D eigenvalue weighted by molar-refractivity contribution is -0.116. The molecule has 33 heavy (non-hydrogen) atoms. The second kappa shape index (κ2) is 11.3. The summed E-state index contributed by atoms with van der Waals surface area (Å²) in [5.74, 6) is 7.89. The first-order chi connectivity index (χ1) is 15.9. The number of nitrogens with one attached hydrogen (secondary N) is 1. The molecule has 2 fully saturated rings. The summed E-state index contributed by atoms with van der Waals surface area (Å²) in [7, 11) is 0. The molecule has 176 valence electrons. The van der Waals surface area contributed by atoms with E-state index in [1.807, 2.05) is 38.1 Å². The van der Waals surface area contributed by atoms with E-state index in [-0.39, 0.29) is 11.7 Å². The van der Waals surface area contributed by atoms with Crippen LogP contribution in [0.2, 0.25) is 0 Å². The molecule has 4 N–H and O–H groups in total. The second-order valence-electron chi connectivity index (χ2n) is 9.35. The first-order valence-electron chi connectivity index (χ1n) is 12.3. The molecule has 2 saturated carbocycles. The molecule has 0 saturated heterocycles. The van der Waals surface area contributed by atoms with E-state index < -0.39 is 0 Å². The SMILES string of the molecule is CC.CC1CC2CC(C)/C(=C(\c3ccc(O)cc3)c3ccc(/C=C/C(=O)NN)cc3)C(C1)C2. The summed E-state index contributed by atoms with van der Waals surface area (Å²) in [6.45, 7) is 8.78. The van der Waals surface area contributed by atoms with Crippen LogP contribution in [0.3, 0.4) is 0 Å². The molecule has 4 rings (SSSR count). The van der Waals surface area contributed by atoms with Crippen molar-refractivity contribution >= 4 is 17.6 Å². The lowest BCUT2D eigenvalue weighted by Crippen LogP contribution is -2.32. The molecule has 0 aliphatic heterocycles. The molecule has 4 atom stereocenters. The van der Waals surface area contributed by atoms with E-state index in [2.05, 4.69) is 31.4 Å². The van der Waals surface area contributed by atoms with Gasteiger partial charge >= 0.3 is 0 Å². The first kappa shape index (κ1) is 24.8. The number of hydrogen-bond donors (Lipinski definition) is 3. The lowest BCUT2D eigenvalue weighted by atomic mass is 9.61. The van der Waals surface area contributed by atoms with Crippen LogP contribution in [0.4, 0.5) is 0 Å². The molecular formula is C29H38N2O2. The van der Waals surface area contributed by atoms with Gasteiger partial charge in [0.2, 0.25) is 0 Å². The fourth-order valence-corrected chi connectivity index (χ4v) is 5.78. The van der Waals surface area contributed by atoms with Gasteiger partial charge < -0.3 is 5.11 Å². The average Bonchev–Trinajstić information content (AvgIpc) is 2.82. The number of nitrogens with two attached hydrogens (primary N) is 1. The Morgan fingerprint density at radius 1 is 0.939 bits per heavy atom. The van der Waals surface area contributed by atoms with Gasteiger partial charge in [0.05, 0.1) is 0 Å². The summed E-state index contributed by atoms with van der Waals surface area (Å²) < 4.78 is 0. The van der Waals surface area contributed by atoms with Crippen molar-refractivity contribution in [2.45, 2.75) is 53.4 Å². The second-order valence-corrected chi connectivity index (χ2v) is 9.35. The summed E-state index contributed by atoms with van der Waals surface area (Å²) in [6.07, 6.45) is 8.36. The third kappa shape index (κ3) is 5.94. The predicted molar refractivity (Wildman–Crippen MR) is 137 cm³/mol. The Labute approximate surface area is 198 Å². The van der Waals surface area contributed by atoms with Gasteiger partial charge in [-0.05, 0) is 89.8 Å². The smallest absolute Gasteiger partial charge is 0.257 e. The van der Waals surface area contributed by atoms with Crippen molar-refractivity contribution < 1.29 is 9.90 Å². The molecule has 4 nitrogen and oxygen atoms in total. The zero-order valence-corrected chi connectivity index (χ0v) is 20.3. The highest BCUT2D eigenvalue weighted by molar-refractivity contribution is 5.91. The number of benzene rings is 2. The third-order valence-corrected chi connectivity index (χ3v) is 6.91. The molecule has 2 aromatic rings. The molecule has 4 unspecified atom stereocenters. The van der Waals surface area contributed by atoms with E-state index in [0.717, 1.165) is 23.0 Å². The van der Waals surface area contributed by atoms with E-state index >= 15 is 0 Å². The number of rotatable bonds is 4. The average molecular weight is 447 g/mol. The summed E-state index contributed by atoms with van der Waals surface area (Å²) in [4.78, 5) is 11.4. The molecule has 4 heteroatoms. The Bertz CT molecular complexity index is 985. The quantitative estimate of drug-likeness (QED) is 0.223. The van der Waals surface area contributed by atoms with Gasteiger partial charge in [-0.25, -0.2) is 5.84 Å². The van der Waals surface area contributed by atoms with Crippen molar-refractivity contribution in [1.29, 1.82) is 0 Å². The Kier molecular flexibility index (Phi) is 8.51. The zero-order valence-electron chi connectivity index (χ0n) is 20.3. The first-order valence-corrected chi connectivity index (χ1v) is 12.3. The highest BCUT2D eigenvalue weighted by atomic mass is 16.3. The van der Waals surface area contributed by atoms with Crippen molar-refractivity contribution in [3.63, 3.8) is 0 Å². The molecule has 2 aromatic carbocycles. The molecule has 2 bridgehead atoms. The molecule has 0 aromatic heterocycles. The number of aromatic hydroxyl groups is 1. The molecule has 2 aliphatic carbocycles. The normalized spacial score (nSPS) is 25.7. The summed E-state index contributed by atoms with van der Waals surface area (Å²) >= 11 is 0. The van der Waals surface area contributed by atoms with Crippen LogP contribution < -0.4 is 11.3 Å². The minimum Gasteiger partial charge on any atom is -0.508 e. The van der Waals surface area contributed by atoms with Gasteiger partial charge in [-0.3, -0.25) is 10.2 Å². The van der Waals surface area contributed by atoms with Gasteiger partial charge in [0, 0.05) is 6.08 Å². The number of fused-ring (bicyclic) bond motifs is 2. The third-order valence-electron chi connectivity index (χ3n) is 6.91. The van der Waals surface area contributed by atoms with Crippen LogP contribution >= 0.6 is 0 Å². The van der Waals surface area contributed by atoms with Crippen LogP contribution in [0.15, 0.2) is 60.2 Å². The number of allylic oxidation sites excluding steroid dienone is 1. The highest BCUT2D eigenvalue weighted by Gasteiger charge is 2.38. The van der Waals surface area contributed by atoms with Crippen molar-refractivity contribution in [3.8, 4) is 5.75 Å². The van der Waals surface area contributed by atoms with E-state index in [1.54, 1.807) is 23.8 Å². The fourth-order valence-electron chi connectivity index (χ4n) is 5.78.